The van der Waals surface area contributed by atoms with Crippen LogP contribution in [0.3, 0.4) is 0 Å². The van der Waals surface area contributed by atoms with Crippen LogP contribution in [0, 0.1) is 0 Å². The van der Waals surface area contributed by atoms with Crippen molar-refractivity contribution in [1.29, 1.82) is 0 Å². The van der Waals surface area contributed by atoms with E-state index in [-0.39, 0.29) is 0 Å². The topological polar surface area (TPSA) is 15.3 Å². The van der Waals surface area contributed by atoms with Gasteiger partial charge in [-0.1, -0.05) is 12.8 Å². The minimum absolute atomic E-state index is 0.818. The SMILES string of the molecule is C[C@@H]1CCC[C@H](C)N1CCCC1CCCCN1. The van der Waals surface area contributed by atoms with E-state index < -0.39 is 0 Å². The van der Waals surface area contributed by atoms with Crippen LogP contribution in [-0.4, -0.2) is 36.1 Å². The second-order valence-corrected chi connectivity index (χ2v) is 6.16. The van der Waals surface area contributed by atoms with Gasteiger partial charge in [-0.05, 0) is 65.5 Å². The molecule has 2 aliphatic rings. The summed E-state index contributed by atoms with van der Waals surface area (Å²) in [5.74, 6) is 0. The van der Waals surface area contributed by atoms with Crippen LogP contribution in [0.25, 0.3) is 0 Å². The molecule has 2 rings (SSSR count). The van der Waals surface area contributed by atoms with Crippen LogP contribution in [-0.2, 0) is 0 Å². The van der Waals surface area contributed by atoms with Gasteiger partial charge in [-0.15, -0.1) is 0 Å². The molecule has 3 atom stereocenters. The minimum atomic E-state index is 0.818. The fourth-order valence-electron chi connectivity index (χ4n) is 3.61. The first-order valence-corrected chi connectivity index (χ1v) is 7.76. The molecule has 0 aliphatic carbocycles. The van der Waals surface area contributed by atoms with Crippen molar-refractivity contribution in [3.8, 4) is 0 Å². The number of nitrogens with zero attached hydrogens (tertiary/aromatic N) is 1. The molecule has 0 spiro atoms. The molecule has 0 aromatic carbocycles. The summed E-state index contributed by atoms with van der Waals surface area (Å²) in [6.07, 6.45) is 11.2. The first kappa shape index (κ1) is 13.4. The molecule has 17 heavy (non-hydrogen) atoms. The zero-order chi connectivity index (χ0) is 12.1. The van der Waals surface area contributed by atoms with E-state index in [0.717, 1.165) is 18.1 Å². The van der Waals surface area contributed by atoms with E-state index in [0.29, 0.717) is 0 Å². The Hall–Kier alpha value is -0.0800. The highest BCUT2D eigenvalue weighted by molar-refractivity contribution is 4.80. The lowest BCUT2D eigenvalue weighted by Gasteiger charge is -2.39. The third-order valence-corrected chi connectivity index (χ3v) is 4.76. The molecule has 2 aliphatic heterocycles. The molecule has 0 aromatic heterocycles. The monoisotopic (exact) mass is 238 g/mol. The van der Waals surface area contributed by atoms with Crippen LogP contribution < -0.4 is 5.32 Å². The van der Waals surface area contributed by atoms with Crippen molar-refractivity contribution in [1.82, 2.24) is 10.2 Å². The van der Waals surface area contributed by atoms with E-state index in [1.165, 1.54) is 64.5 Å². The van der Waals surface area contributed by atoms with Crippen LogP contribution in [0.15, 0.2) is 0 Å². The molecule has 2 fully saturated rings. The van der Waals surface area contributed by atoms with Crippen molar-refractivity contribution in [3.05, 3.63) is 0 Å². The van der Waals surface area contributed by atoms with Gasteiger partial charge in [0.1, 0.15) is 0 Å². The average molecular weight is 238 g/mol. The van der Waals surface area contributed by atoms with Crippen molar-refractivity contribution in [2.45, 2.75) is 83.3 Å². The quantitative estimate of drug-likeness (QED) is 0.809. The molecule has 2 heterocycles. The Bertz CT molecular complexity index is 201. The largest absolute Gasteiger partial charge is 0.314 e. The molecule has 2 nitrogen and oxygen atoms in total. The lowest BCUT2D eigenvalue weighted by atomic mass is 9.96. The minimum Gasteiger partial charge on any atom is -0.314 e. The van der Waals surface area contributed by atoms with Gasteiger partial charge in [-0.3, -0.25) is 4.90 Å². The van der Waals surface area contributed by atoms with Gasteiger partial charge < -0.3 is 5.32 Å². The van der Waals surface area contributed by atoms with E-state index in [4.69, 9.17) is 0 Å². The maximum atomic E-state index is 3.66. The Labute approximate surface area is 107 Å². The van der Waals surface area contributed by atoms with Gasteiger partial charge in [0.05, 0.1) is 0 Å². The summed E-state index contributed by atoms with van der Waals surface area (Å²) < 4.78 is 0. The highest BCUT2D eigenvalue weighted by Crippen LogP contribution is 2.23. The Balaban J connectivity index is 1.66. The third-order valence-electron chi connectivity index (χ3n) is 4.76. The average Bonchev–Trinajstić information content (AvgIpc) is 2.34. The summed E-state index contributed by atoms with van der Waals surface area (Å²) in [5.41, 5.74) is 0. The second-order valence-electron chi connectivity index (χ2n) is 6.16. The maximum Gasteiger partial charge on any atom is 0.00697 e. The van der Waals surface area contributed by atoms with Crippen LogP contribution in [0.1, 0.15) is 65.2 Å². The second kappa shape index (κ2) is 6.75. The smallest absolute Gasteiger partial charge is 0.00697 e. The van der Waals surface area contributed by atoms with E-state index >= 15 is 0 Å². The molecular formula is C15H30N2. The molecule has 0 saturated carbocycles. The fourth-order valence-corrected chi connectivity index (χ4v) is 3.61. The van der Waals surface area contributed by atoms with Crippen LogP contribution in [0.4, 0.5) is 0 Å². The Morgan fingerprint density at radius 3 is 2.41 bits per heavy atom. The molecule has 0 bridgehead atoms. The molecule has 2 heteroatoms. The molecule has 1 N–H and O–H groups in total. The Morgan fingerprint density at radius 1 is 1.00 bits per heavy atom. The van der Waals surface area contributed by atoms with Gasteiger partial charge in [0, 0.05) is 18.1 Å². The van der Waals surface area contributed by atoms with Gasteiger partial charge >= 0.3 is 0 Å². The molecule has 0 aromatic rings. The zero-order valence-corrected chi connectivity index (χ0v) is 11.8. The number of hydrogen-bond acceptors (Lipinski definition) is 2. The standard InChI is InChI=1S/C15H30N2/c1-13-7-5-8-14(2)17(13)12-6-10-15-9-3-4-11-16-15/h13-16H,3-12H2,1-2H3/t13-,14+,15?. The predicted molar refractivity (Wildman–Crippen MR) is 74.4 cm³/mol. The van der Waals surface area contributed by atoms with Crippen molar-refractivity contribution in [2.24, 2.45) is 0 Å². The molecule has 0 amide bonds. The summed E-state index contributed by atoms with van der Waals surface area (Å²) in [6, 6.07) is 2.45. The fraction of sp³-hybridized carbons (Fsp3) is 1.00. The van der Waals surface area contributed by atoms with Crippen LogP contribution in [0.5, 0.6) is 0 Å². The summed E-state index contributed by atoms with van der Waals surface area (Å²) >= 11 is 0. The highest BCUT2D eigenvalue weighted by atomic mass is 15.2. The molecule has 2 saturated heterocycles. The summed E-state index contributed by atoms with van der Waals surface area (Å²) in [6.45, 7) is 7.39. The molecule has 1 unspecified atom stereocenters. The first-order chi connectivity index (χ1) is 8.27. The summed E-state index contributed by atoms with van der Waals surface area (Å²) in [5, 5.41) is 3.66. The Kier molecular flexibility index (Phi) is 5.30. The van der Waals surface area contributed by atoms with E-state index in [1.54, 1.807) is 0 Å². The van der Waals surface area contributed by atoms with Gasteiger partial charge in [0.15, 0.2) is 0 Å². The first-order valence-electron chi connectivity index (χ1n) is 7.76. The van der Waals surface area contributed by atoms with Gasteiger partial charge in [-0.25, -0.2) is 0 Å². The van der Waals surface area contributed by atoms with Gasteiger partial charge in [0.2, 0.25) is 0 Å². The van der Waals surface area contributed by atoms with E-state index in [1.807, 2.05) is 0 Å². The normalized spacial score (nSPS) is 36.0. The zero-order valence-electron chi connectivity index (χ0n) is 11.8. The predicted octanol–water partition coefficient (Wildman–Crippen LogP) is 3.17. The van der Waals surface area contributed by atoms with Crippen molar-refractivity contribution in [2.75, 3.05) is 13.1 Å². The maximum absolute atomic E-state index is 3.66. The number of rotatable bonds is 4. The van der Waals surface area contributed by atoms with Gasteiger partial charge in [-0.2, -0.15) is 0 Å². The summed E-state index contributed by atoms with van der Waals surface area (Å²) in [7, 11) is 0. The van der Waals surface area contributed by atoms with Crippen molar-refractivity contribution < 1.29 is 0 Å². The van der Waals surface area contributed by atoms with E-state index in [2.05, 4.69) is 24.1 Å². The lowest BCUT2D eigenvalue weighted by Crippen LogP contribution is -2.44. The number of likely N-dealkylation sites (tertiary alicyclic amines) is 1. The van der Waals surface area contributed by atoms with Gasteiger partial charge in [0.25, 0.3) is 0 Å². The molecule has 0 radical (unpaired) electrons. The van der Waals surface area contributed by atoms with Crippen molar-refractivity contribution in [3.63, 3.8) is 0 Å². The highest BCUT2D eigenvalue weighted by Gasteiger charge is 2.24. The number of piperidine rings is 2. The van der Waals surface area contributed by atoms with Crippen LogP contribution in [0.2, 0.25) is 0 Å². The molecular weight excluding hydrogens is 208 g/mol. The number of nitrogens with one attached hydrogen (secondary N) is 1. The third kappa shape index (κ3) is 3.96. The molecule has 100 valence electrons. The van der Waals surface area contributed by atoms with Crippen molar-refractivity contribution >= 4 is 0 Å². The van der Waals surface area contributed by atoms with Crippen LogP contribution >= 0.6 is 0 Å². The lowest BCUT2D eigenvalue weighted by molar-refractivity contribution is 0.0998. The summed E-state index contributed by atoms with van der Waals surface area (Å²) in [4.78, 5) is 2.74. The number of hydrogen-bond donors (Lipinski definition) is 1. The van der Waals surface area contributed by atoms with E-state index in [9.17, 15) is 0 Å². The Morgan fingerprint density at radius 2 is 1.76 bits per heavy atom.